The van der Waals surface area contributed by atoms with E-state index in [1.54, 1.807) is 0 Å². The van der Waals surface area contributed by atoms with Crippen LogP contribution < -0.4 is 5.32 Å². The number of carbonyl (C=O) groups is 1. The zero-order valence-electron chi connectivity index (χ0n) is 7.08. The van der Waals surface area contributed by atoms with E-state index in [4.69, 9.17) is 4.74 Å². The van der Waals surface area contributed by atoms with E-state index in [0.29, 0.717) is 6.67 Å². The number of nitrogens with zero attached hydrogens (tertiary/aromatic N) is 1. The molecule has 68 valence electrons. The third-order valence-electron chi connectivity index (χ3n) is 1.77. The van der Waals surface area contributed by atoms with Gasteiger partial charge in [-0.2, -0.15) is 0 Å². The highest BCUT2D eigenvalue weighted by molar-refractivity contribution is 5.86. The molecule has 1 saturated heterocycles. The predicted molar refractivity (Wildman–Crippen MR) is 45.6 cm³/mol. The molecule has 0 spiro atoms. The molecule has 0 atom stereocenters. The van der Waals surface area contributed by atoms with Gasteiger partial charge in [0, 0.05) is 13.1 Å². The van der Waals surface area contributed by atoms with Crippen molar-refractivity contribution in [1.82, 2.24) is 10.2 Å². The van der Waals surface area contributed by atoms with Crippen LogP contribution in [0.1, 0.15) is 0 Å². The average Bonchev–Trinajstić information content (AvgIpc) is 2.16. The second kappa shape index (κ2) is 4.90. The molecule has 4 heteroatoms. The van der Waals surface area contributed by atoms with Crippen LogP contribution in [0.15, 0.2) is 12.7 Å². The Morgan fingerprint density at radius 3 is 2.83 bits per heavy atom. The van der Waals surface area contributed by atoms with E-state index in [0.717, 1.165) is 26.3 Å². The lowest BCUT2D eigenvalue weighted by Gasteiger charge is -2.26. The van der Waals surface area contributed by atoms with Gasteiger partial charge in [-0.15, -0.1) is 0 Å². The molecule has 0 radical (unpaired) electrons. The van der Waals surface area contributed by atoms with E-state index >= 15 is 0 Å². The molecule has 12 heavy (non-hydrogen) atoms. The highest BCUT2D eigenvalue weighted by Crippen LogP contribution is 1.93. The first-order chi connectivity index (χ1) is 5.83. The summed E-state index contributed by atoms with van der Waals surface area (Å²) in [5, 5.41) is 2.72. The first-order valence-corrected chi connectivity index (χ1v) is 4.03. The van der Waals surface area contributed by atoms with Crippen LogP contribution in [-0.2, 0) is 9.53 Å². The smallest absolute Gasteiger partial charge is 0.244 e. The first-order valence-electron chi connectivity index (χ1n) is 4.03. The van der Waals surface area contributed by atoms with Crippen molar-refractivity contribution in [2.24, 2.45) is 0 Å². The Bertz CT molecular complexity index is 164. The molecule has 0 aromatic heterocycles. The Balaban J connectivity index is 2.12. The molecule has 1 rings (SSSR count). The van der Waals surface area contributed by atoms with Gasteiger partial charge in [-0.25, -0.2) is 0 Å². The van der Waals surface area contributed by atoms with Gasteiger partial charge in [-0.1, -0.05) is 6.58 Å². The van der Waals surface area contributed by atoms with Crippen LogP contribution in [0, 0.1) is 0 Å². The van der Waals surface area contributed by atoms with Crippen molar-refractivity contribution in [3.63, 3.8) is 0 Å². The average molecular weight is 170 g/mol. The Labute approximate surface area is 72.2 Å². The zero-order chi connectivity index (χ0) is 8.81. The number of ether oxygens (including phenoxy) is 1. The Morgan fingerprint density at radius 1 is 1.58 bits per heavy atom. The van der Waals surface area contributed by atoms with Crippen molar-refractivity contribution < 1.29 is 9.53 Å². The number of nitrogens with one attached hydrogen (secondary N) is 1. The molecule has 4 nitrogen and oxygen atoms in total. The lowest BCUT2D eigenvalue weighted by atomic mass is 10.4. The number of hydrogen-bond acceptors (Lipinski definition) is 3. The van der Waals surface area contributed by atoms with Crippen molar-refractivity contribution in [2.45, 2.75) is 0 Å². The second-order valence-corrected chi connectivity index (χ2v) is 2.63. The van der Waals surface area contributed by atoms with Gasteiger partial charge in [0.2, 0.25) is 5.91 Å². The summed E-state index contributed by atoms with van der Waals surface area (Å²) in [5.74, 6) is -0.124. The van der Waals surface area contributed by atoms with E-state index < -0.39 is 0 Å². The van der Waals surface area contributed by atoms with Crippen LogP contribution in [0.2, 0.25) is 0 Å². The molecule has 0 bridgehead atoms. The minimum atomic E-state index is -0.124. The number of rotatable bonds is 3. The summed E-state index contributed by atoms with van der Waals surface area (Å²) in [7, 11) is 0. The zero-order valence-corrected chi connectivity index (χ0v) is 7.08. The number of hydrogen-bond donors (Lipinski definition) is 1. The van der Waals surface area contributed by atoms with Crippen molar-refractivity contribution in [1.29, 1.82) is 0 Å². The highest BCUT2D eigenvalue weighted by Gasteiger charge is 2.09. The molecule has 0 unspecified atom stereocenters. The van der Waals surface area contributed by atoms with Gasteiger partial charge in [0.25, 0.3) is 0 Å². The normalized spacial score (nSPS) is 18.7. The molecule has 1 aliphatic heterocycles. The molecule has 0 aliphatic carbocycles. The Hall–Kier alpha value is -0.870. The molecule has 0 aromatic rings. The maximum absolute atomic E-state index is 10.8. The largest absolute Gasteiger partial charge is 0.379 e. The van der Waals surface area contributed by atoms with Gasteiger partial charge in [-0.05, 0) is 6.08 Å². The molecule has 1 heterocycles. The van der Waals surface area contributed by atoms with Crippen LogP contribution in [-0.4, -0.2) is 43.8 Å². The molecule has 0 saturated carbocycles. The topological polar surface area (TPSA) is 41.6 Å². The molecular weight excluding hydrogens is 156 g/mol. The Morgan fingerprint density at radius 2 is 2.25 bits per heavy atom. The van der Waals surface area contributed by atoms with Crippen molar-refractivity contribution in [2.75, 3.05) is 33.0 Å². The van der Waals surface area contributed by atoms with E-state index in [9.17, 15) is 4.79 Å². The predicted octanol–water partition coefficient (Wildman–Crippen LogP) is -0.422. The van der Waals surface area contributed by atoms with Crippen LogP contribution in [0.4, 0.5) is 0 Å². The minimum Gasteiger partial charge on any atom is -0.379 e. The maximum atomic E-state index is 10.8. The van der Waals surface area contributed by atoms with Crippen LogP contribution in [0.3, 0.4) is 0 Å². The van der Waals surface area contributed by atoms with E-state index in [1.165, 1.54) is 6.08 Å². The number of morpholine rings is 1. The molecule has 0 aromatic carbocycles. The van der Waals surface area contributed by atoms with Crippen LogP contribution in [0.25, 0.3) is 0 Å². The third kappa shape index (κ3) is 3.02. The summed E-state index contributed by atoms with van der Waals surface area (Å²) in [5.41, 5.74) is 0. The minimum absolute atomic E-state index is 0.124. The molecule has 1 fully saturated rings. The van der Waals surface area contributed by atoms with Crippen LogP contribution in [0.5, 0.6) is 0 Å². The monoisotopic (exact) mass is 170 g/mol. The van der Waals surface area contributed by atoms with Gasteiger partial charge >= 0.3 is 0 Å². The van der Waals surface area contributed by atoms with E-state index in [-0.39, 0.29) is 5.91 Å². The van der Waals surface area contributed by atoms with Gasteiger partial charge in [0.15, 0.2) is 0 Å². The van der Waals surface area contributed by atoms with Crippen LogP contribution >= 0.6 is 0 Å². The number of carbonyl (C=O) groups excluding carboxylic acids is 1. The van der Waals surface area contributed by atoms with E-state index in [1.807, 2.05) is 0 Å². The fourth-order valence-electron chi connectivity index (χ4n) is 1.02. The van der Waals surface area contributed by atoms with Gasteiger partial charge < -0.3 is 10.1 Å². The number of amides is 1. The lowest BCUT2D eigenvalue weighted by Crippen LogP contribution is -2.43. The van der Waals surface area contributed by atoms with Gasteiger partial charge in [-0.3, -0.25) is 9.69 Å². The van der Waals surface area contributed by atoms with E-state index in [2.05, 4.69) is 16.8 Å². The van der Waals surface area contributed by atoms with Crippen molar-refractivity contribution in [3.05, 3.63) is 12.7 Å². The maximum Gasteiger partial charge on any atom is 0.244 e. The molecular formula is C8H14N2O2. The molecule has 1 amide bonds. The lowest BCUT2D eigenvalue weighted by molar-refractivity contribution is -0.117. The van der Waals surface area contributed by atoms with Crippen molar-refractivity contribution in [3.8, 4) is 0 Å². The fraction of sp³-hybridized carbons (Fsp3) is 0.625. The second-order valence-electron chi connectivity index (χ2n) is 2.63. The fourth-order valence-corrected chi connectivity index (χ4v) is 1.02. The van der Waals surface area contributed by atoms with Crippen molar-refractivity contribution >= 4 is 5.91 Å². The molecule has 1 aliphatic rings. The first kappa shape index (κ1) is 9.22. The third-order valence-corrected chi connectivity index (χ3v) is 1.77. The standard InChI is InChI=1S/C8H14N2O2/c1-2-8(11)9-7-10-3-5-12-6-4-10/h2H,1,3-7H2,(H,9,11). The Kier molecular flexibility index (Phi) is 3.76. The summed E-state index contributed by atoms with van der Waals surface area (Å²) in [6.45, 7) is 7.24. The summed E-state index contributed by atoms with van der Waals surface area (Å²) < 4.78 is 5.16. The van der Waals surface area contributed by atoms with Gasteiger partial charge in [0.1, 0.15) is 0 Å². The summed E-state index contributed by atoms with van der Waals surface area (Å²) >= 11 is 0. The SMILES string of the molecule is C=CC(=O)NCN1CCOCC1. The van der Waals surface area contributed by atoms with Gasteiger partial charge in [0.05, 0.1) is 19.9 Å². The highest BCUT2D eigenvalue weighted by atomic mass is 16.5. The quantitative estimate of drug-likeness (QED) is 0.585. The molecule has 1 N–H and O–H groups in total. The summed E-state index contributed by atoms with van der Waals surface area (Å²) in [6, 6.07) is 0. The summed E-state index contributed by atoms with van der Waals surface area (Å²) in [4.78, 5) is 12.9. The summed E-state index contributed by atoms with van der Waals surface area (Å²) in [6.07, 6.45) is 1.28.